The van der Waals surface area contributed by atoms with Crippen molar-refractivity contribution in [1.29, 1.82) is 0 Å². The van der Waals surface area contributed by atoms with Gasteiger partial charge in [-0.25, -0.2) is 4.57 Å². The first-order valence-corrected chi connectivity index (χ1v) is 10.5. The Morgan fingerprint density at radius 3 is 2.50 bits per heavy atom. The van der Waals surface area contributed by atoms with Crippen molar-refractivity contribution in [2.24, 2.45) is 0 Å². The molecular weight excluding hydrogens is 395 g/mol. The van der Waals surface area contributed by atoms with Gasteiger partial charge in [0, 0.05) is 23.4 Å². The maximum atomic E-state index is 12.4. The Balaban J connectivity index is 2.80. The molecule has 0 bridgehead atoms. The largest absolute Gasteiger partial charge is 0.530 e. The van der Waals surface area contributed by atoms with Crippen molar-refractivity contribution < 1.29 is 22.9 Å². The number of hydrogen-bond acceptors (Lipinski definition) is 5. The van der Waals surface area contributed by atoms with Crippen LogP contribution in [0.1, 0.15) is 38.7 Å². The van der Waals surface area contributed by atoms with Crippen molar-refractivity contribution in [2.45, 2.75) is 38.4 Å². The molecular formula is C17H24BrO5P. The molecule has 0 atom stereocenters. The molecule has 1 aromatic carbocycles. The van der Waals surface area contributed by atoms with Crippen LogP contribution in [0, 0.1) is 12.3 Å². The first kappa shape index (κ1) is 21.1. The Labute approximate surface area is 152 Å². The van der Waals surface area contributed by atoms with Gasteiger partial charge in [0.25, 0.3) is 0 Å². The molecule has 0 N–H and O–H groups in total. The van der Waals surface area contributed by atoms with Crippen molar-refractivity contribution in [3.63, 3.8) is 0 Å². The third kappa shape index (κ3) is 7.27. The van der Waals surface area contributed by atoms with Gasteiger partial charge in [0.2, 0.25) is 0 Å². The molecule has 5 nitrogen and oxygen atoms in total. The van der Waals surface area contributed by atoms with Gasteiger partial charge in [-0.2, -0.15) is 0 Å². The molecule has 0 aliphatic rings. The monoisotopic (exact) mass is 418 g/mol. The Bertz CT molecular complexity index is 575. The normalized spacial score (nSPS) is 11.1. The Hall–Kier alpha value is -0.990. The number of terminal acetylenes is 1. The first-order chi connectivity index (χ1) is 11.6. The van der Waals surface area contributed by atoms with E-state index in [1.165, 1.54) is 0 Å². The second kappa shape index (κ2) is 11.5. The lowest BCUT2D eigenvalue weighted by molar-refractivity contribution is 0.167. The minimum absolute atomic E-state index is 0.231. The molecule has 134 valence electrons. The van der Waals surface area contributed by atoms with Gasteiger partial charge in [-0.1, -0.05) is 22.0 Å². The standard InChI is InChI=1S/C17H24BrO5P/c1-4-7-8-9-12-20-17-13-16(11-10-15(17)14-18)23-24(19,21-5-2)22-6-3/h1,10-11,13H,5-9,12,14H2,2-3H3. The number of ether oxygens (including phenoxy) is 1. The molecule has 0 saturated carbocycles. The maximum absolute atomic E-state index is 12.4. The van der Waals surface area contributed by atoms with Crippen LogP contribution in [0.25, 0.3) is 0 Å². The van der Waals surface area contributed by atoms with E-state index in [-0.39, 0.29) is 13.2 Å². The van der Waals surface area contributed by atoms with Gasteiger partial charge >= 0.3 is 7.82 Å². The summed E-state index contributed by atoms with van der Waals surface area (Å²) in [6, 6.07) is 5.26. The van der Waals surface area contributed by atoms with Crippen molar-refractivity contribution in [3.8, 4) is 23.8 Å². The van der Waals surface area contributed by atoms with E-state index in [1.807, 2.05) is 6.07 Å². The zero-order valence-electron chi connectivity index (χ0n) is 14.1. The molecule has 1 rings (SSSR count). The molecule has 0 spiro atoms. The quantitative estimate of drug-likeness (QED) is 0.199. The van der Waals surface area contributed by atoms with Crippen LogP contribution >= 0.6 is 23.8 Å². The lowest BCUT2D eigenvalue weighted by Crippen LogP contribution is -2.04. The molecule has 0 aromatic heterocycles. The lowest BCUT2D eigenvalue weighted by atomic mass is 10.2. The maximum Gasteiger partial charge on any atom is 0.530 e. The molecule has 0 heterocycles. The van der Waals surface area contributed by atoms with Crippen LogP contribution in [0.4, 0.5) is 0 Å². The summed E-state index contributed by atoms with van der Waals surface area (Å²) in [7, 11) is -3.61. The number of hydrogen-bond donors (Lipinski definition) is 0. The highest BCUT2D eigenvalue weighted by atomic mass is 79.9. The SMILES string of the molecule is C#CCCCCOc1cc(OP(=O)(OCC)OCC)ccc1CBr. The van der Waals surface area contributed by atoms with Crippen LogP contribution in [0.15, 0.2) is 18.2 Å². The fourth-order valence-electron chi connectivity index (χ4n) is 1.88. The Morgan fingerprint density at radius 1 is 1.21 bits per heavy atom. The summed E-state index contributed by atoms with van der Waals surface area (Å²) in [4.78, 5) is 0. The zero-order chi connectivity index (χ0) is 17.8. The van der Waals surface area contributed by atoms with Gasteiger partial charge in [-0.05, 0) is 32.8 Å². The summed E-state index contributed by atoms with van der Waals surface area (Å²) in [6.45, 7) is 4.48. The molecule has 1 aromatic rings. The third-order valence-corrected chi connectivity index (χ3v) is 5.13. The van der Waals surface area contributed by atoms with Gasteiger partial charge in [-0.15, -0.1) is 12.3 Å². The first-order valence-electron chi connectivity index (χ1n) is 7.92. The highest BCUT2D eigenvalue weighted by Gasteiger charge is 2.27. The number of halogens is 1. The second-order valence-corrected chi connectivity index (χ2v) is 6.94. The third-order valence-electron chi connectivity index (χ3n) is 2.95. The molecule has 0 aliphatic carbocycles. The number of benzene rings is 1. The van der Waals surface area contributed by atoms with E-state index in [0.29, 0.717) is 23.4 Å². The summed E-state index contributed by atoms with van der Waals surface area (Å²) in [6.07, 6.45) is 7.76. The van der Waals surface area contributed by atoms with Gasteiger partial charge in [0.1, 0.15) is 11.5 Å². The van der Waals surface area contributed by atoms with Crippen molar-refractivity contribution >= 4 is 23.8 Å². The van der Waals surface area contributed by atoms with Gasteiger partial charge in [0.05, 0.1) is 19.8 Å². The minimum Gasteiger partial charge on any atom is -0.493 e. The molecule has 7 heteroatoms. The molecule has 0 saturated heterocycles. The van der Waals surface area contributed by atoms with Crippen molar-refractivity contribution in [2.75, 3.05) is 19.8 Å². The number of phosphoric acid groups is 1. The topological polar surface area (TPSA) is 54.0 Å². The summed E-state index contributed by atoms with van der Waals surface area (Å²) in [5, 5.41) is 0.640. The average molecular weight is 419 g/mol. The van der Waals surface area contributed by atoms with Crippen LogP contribution in [0.2, 0.25) is 0 Å². The minimum atomic E-state index is -3.61. The molecule has 0 radical (unpaired) electrons. The van der Waals surface area contributed by atoms with Crippen LogP contribution in [0.3, 0.4) is 0 Å². The van der Waals surface area contributed by atoms with Gasteiger partial charge in [0.15, 0.2) is 0 Å². The van der Waals surface area contributed by atoms with E-state index in [4.69, 9.17) is 24.7 Å². The molecule has 0 amide bonds. The predicted octanol–water partition coefficient (Wildman–Crippen LogP) is 5.32. The summed E-state index contributed by atoms with van der Waals surface area (Å²) in [5.74, 6) is 3.66. The fraction of sp³-hybridized carbons (Fsp3) is 0.529. The van der Waals surface area contributed by atoms with E-state index < -0.39 is 7.82 Å². The zero-order valence-corrected chi connectivity index (χ0v) is 16.6. The smallest absolute Gasteiger partial charge is 0.493 e. The predicted molar refractivity (Wildman–Crippen MR) is 98.7 cm³/mol. The molecule has 0 fully saturated rings. The molecule has 24 heavy (non-hydrogen) atoms. The van der Waals surface area contributed by atoms with E-state index in [2.05, 4.69) is 21.9 Å². The van der Waals surface area contributed by atoms with Crippen molar-refractivity contribution in [3.05, 3.63) is 23.8 Å². The van der Waals surface area contributed by atoms with Gasteiger partial charge < -0.3 is 9.26 Å². The summed E-state index contributed by atoms with van der Waals surface area (Å²) in [5.41, 5.74) is 0.974. The number of phosphoric ester groups is 1. The summed E-state index contributed by atoms with van der Waals surface area (Å²) >= 11 is 3.43. The van der Waals surface area contributed by atoms with E-state index in [9.17, 15) is 4.57 Å². The fourth-order valence-corrected chi connectivity index (χ4v) is 3.53. The Morgan fingerprint density at radius 2 is 1.92 bits per heavy atom. The number of unbranched alkanes of at least 4 members (excludes halogenated alkanes) is 2. The number of rotatable bonds is 12. The van der Waals surface area contributed by atoms with E-state index in [0.717, 1.165) is 24.8 Å². The lowest BCUT2D eigenvalue weighted by Gasteiger charge is -2.18. The van der Waals surface area contributed by atoms with Gasteiger partial charge in [-0.3, -0.25) is 9.05 Å². The molecule has 0 aliphatic heterocycles. The van der Waals surface area contributed by atoms with E-state index >= 15 is 0 Å². The van der Waals surface area contributed by atoms with Crippen molar-refractivity contribution in [1.82, 2.24) is 0 Å². The van der Waals surface area contributed by atoms with Crippen LogP contribution in [-0.4, -0.2) is 19.8 Å². The van der Waals surface area contributed by atoms with E-state index in [1.54, 1.807) is 26.0 Å². The van der Waals surface area contributed by atoms with Crippen LogP contribution in [-0.2, 0) is 18.9 Å². The van der Waals surface area contributed by atoms with Crippen LogP contribution in [0.5, 0.6) is 11.5 Å². The highest BCUT2D eigenvalue weighted by molar-refractivity contribution is 9.08. The number of alkyl halides is 1. The Kier molecular flexibility index (Phi) is 10.1. The average Bonchev–Trinajstić information content (AvgIpc) is 2.55. The van der Waals surface area contributed by atoms with Crippen LogP contribution < -0.4 is 9.26 Å². The second-order valence-electron chi connectivity index (χ2n) is 4.79. The highest BCUT2D eigenvalue weighted by Crippen LogP contribution is 2.49. The molecule has 0 unspecified atom stereocenters. The summed E-state index contributed by atoms with van der Waals surface area (Å²) < 4.78 is 34.0.